The lowest BCUT2D eigenvalue weighted by Gasteiger charge is -2.32. The number of anilines is 1. The van der Waals surface area contributed by atoms with E-state index in [4.69, 9.17) is 0 Å². The Morgan fingerprint density at radius 3 is 2.75 bits per heavy atom. The molecular formula is C13H18N4O2S. The van der Waals surface area contributed by atoms with Gasteiger partial charge in [-0.25, -0.2) is 4.98 Å². The number of hydrogen-bond acceptors (Lipinski definition) is 6. The van der Waals surface area contributed by atoms with Crippen LogP contribution in [0.1, 0.15) is 13.8 Å². The molecule has 1 N–H and O–H groups in total. The van der Waals surface area contributed by atoms with Crippen molar-refractivity contribution in [2.24, 2.45) is 0 Å². The summed E-state index contributed by atoms with van der Waals surface area (Å²) in [6.07, 6.45) is 0. The van der Waals surface area contributed by atoms with Crippen LogP contribution in [0.5, 0.6) is 0 Å². The molecule has 0 aliphatic rings. The summed E-state index contributed by atoms with van der Waals surface area (Å²) in [6.45, 7) is 4.76. The highest BCUT2D eigenvalue weighted by atomic mass is 32.1. The van der Waals surface area contributed by atoms with Crippen LogP contribution in [0.25, 0.3) is 10.2 Å². The molecule has 0 amide bonds. The van der Waals surface area contributed by atoms with Gasteiger partial charge in [0.05, 0.1) is 15.1 Å². The third-order valence-electron chi connectivity index (χ3n) is 3.58. The van der Waals surface area contributed by atoms with Crippen LogP contribution in [-0.2, 0) is 0 Å². The first-order valence-electron chi connectivity index (χ1n) is 6.25. The highest BCUT2D eigenvalue weighted by molar-refractivity contribution is 7.16. The average Bonchev–Trinajstić information content (AvgIpc) is 2.83. The van der Waals surface area contributed by atoms with E-state index in [0.717, 1.165) is 4.70 Å². The highest BCUT2D eigenvalue weighted by Gasteiger charge is 2.24. The summed E-state index contributed by atoms with van der Waals surface area (Å²) >= 11 is 1.40. The van der Waals surface area contributed by atoms with Gasteiger partial charge in [0.1, 0.15) is 5.69 Å². The van der Waals surface area contributed by atoms with Gasteiger partial charge >= 0.3 is 5.69 Å². The van der Waals surface area contributed by atoms with Crippen molar-refractivity contribution in [1.82, 2.24) is 9.88 Å². The van der Waals surface area contributed by atoms with Gasteiger partial charge in [-0.2, -0.15) is 0 Å². The molecule has 0 saturated heterocycles. The fraction of sp³-hybridized carbons (Fsp3) is 0.462. The van der Waals surface area contributed by atoms with E-state index in [1.54, 1.807) is 11.6 Å². The second-order valence-corrected chi connectivity index (χ2v) is 6.36. The van der Waals surface area contributed by atoms with Crippen molar-refractivity contribution in [3.63, 3.8) is 0 Å². The molecule has 0 fully saturated rings. The highest BCUT2D eigenvalue weighted by Crippen LogP contribution is 2.34. The van der Waals surface area contributed by atoms with Crippen LogP contribution >= 0.6 is 11.3 Å². The summed E-state index contributed by atoms with van der Waals surface area (Å²) in [7, 11) is 3.97. The number of thiazole rings is 1. The Labute approximate surface area is 121 Å². The van der Waals surface area contributed by atoms with Gasteiger partial charge in [0.2, 0.25) is 0 Å². The lowest BCUT2D eigenvalue weighted by molar-refractivity contribution is -0.382. The first-order chi connectivity index (χ1) is 9.33. The maximum absolute atomic E-state index is 11.3. The molecule has 1 heterocycles. The van der Waals surface area contributed by atoms with Gasteiger partial charge in [-0.1, -0.05) is 0 Å². The van der Waals surface area contributed by atoms with Gasteiger partial charge in [0, 0.05) is 12.1 Å². The van der Waals surface area contributed by atoms with Crippen LogP contribution in [0.3, 0.4) is 0 Å². The van der Waals surface area contributed by atoms with E-state index in [9.17, 15) is 10.1 Å². The molecule has 0 atom stereocenters. The van der Waals surface area contributed by atoms with Crippen molar-refractivity contribution in [1.29, 1.82) is 0 Å². The zero-order valence-electron chi connectivity index (χ0n) is 12.0. The molecule has 0 aliphatic carbocycles. The zero-order chi connectivity index (χ0) is 14.9. The maximum atomic E-state index is 11.3. The first-order valence-corrected chi connectivity index (χ1v) is 7.13. The average molecular weight is 294 g/mol. The number of nitro groups is 1. The fourth-order valence-corrected chi connectivity index (χ4v) is 2.39. The largest absolute Gasteiger partial charge is 0.378 e. The molecule has 0 aliphatic heterocycles. The molecule has 108 valence electrons. The third-order valence-corrected chi connectivity index (χ3v) is 4.37. The second kappa shape index (κ2) is 5.34. The van der Waals surface area contributed by atoms with Crippen molar-refractivity contribution in [2.45, 2.75) is 19.4 Å². The van der Waals surface area contributed by atoms with Gasteiger partial charge in [-0.05, 0) is 40.1 Å². The van der Waals surface area contributed by atoms with Crippen molar-refractivity contribution in [3.05, 3.63) is 27.8 Å². The summed E-state index contributed by atoms with van der Waals surface area (Å²) in [5, 5.41) is 14.5. The SMILES string of the molecule is CN(C)C(C)(C)CNc1ccc2scnc2c1[N+](=O)[O-]. The summed E-state index contributed by atoms with van der Waals surface area (Å²) in [5.74, 6) is 0. The molecule has 20 heavy (non-hydrogen) atoms. The van der Waals surface area contributed by atoms with Crippen molar-refractivity contribution in [2.75, 3.05) is 26.0 Å². The summed E-state index contributed by atoms with van der Waals surface area (Å²) in [5.41, 5.74) is 2.55. The van der Waals surface area contributed by atoms with Crippen LogP contribution < -0.4 is 5.32 Å². The van der Waals surface area contributed by atoms with Gasteiger partial charge < -0.3 is 10.2 Å². The minimum Gasteiger partial charge on any atom is -0.378 e. The van der Waals surface area contributed by atoms with E-state index in [1.807, 2.05) is 20.2 Å². The standard InChI is InChI=1S/C13H18N4O2S/c1-13(2,16(3)4)7-14-9-5-6-10-11(15-8-20-10)12(9)17(18)19/h5-6,8,14H,7H2,1-4H3. The number of nitrogens with zero attached hydrogens (tertiary/aromatic N) is 3. The quantitative estimate of drug-likeness (QED) is 0.678. The molecule has 6 nitrogen and oxygen atoms in total. The van der Waals surface area contributed by atoms with Crippen LogP contribution in [0.4, 0.5) is 11.4 Å². The molecule has 2 rings (SSSR count). The van der Waals surface area contributed by atoms with E-state index >= 15 is 0 Å². The number of rotatable bonds is 5. The molecule has 2 aromatic rings. The molecule has 1 aromatic carbocycles. The molecule has 0 bridgehead atoms. The predicted octanol–water partition coefficient (Wildman–Crippen LogP) is 2.96. The third kappa shape index (κ3) is 2.73. The molecule has 0 radical (unpaired) electrons. The van der Waals surface area contributed by atoms with Gasteiger partial charge in [0.15, 0.2) is 5.52 Å². The van der Waals surface area contributed by atoms with E-state index < -0.39 is 0 Å². The number of nitrogens with one attached hydrogen (secondary N) is 1. The molecule has 1 aromatic heterocycles. The van der Waals surface area contributed by atoms with E-state index in [1.165, 1.54) is 11.3 Å². The molecule has 0 unspecified atom stereocenters. The zero-order valence-corrected chi connectivity index (χ0v) is 12.8. The normalized spacial score (nSPS) is 12.1. The van der Waals surface area contributed by atoms with Crippen molar-refractivity contribution in [3.8, 4) is 0 Å². The Balaban J connectivity index is 2.35. The summed E-state index contributed by atoms with van der Waals surface area (Å²) in [6, 6.07) is 3.62. The van der Waals surface area contributed by atoms with Gasteiger partial charge in [-0.15, -0.1) is 11.3 Å². The van der Waals surface area contributed by atoms with Crippen molar-refractivity contribution >= 4 is 32.9 Å². The minimum absolute atomic E-state index is 0.0540. The molecular weight excluding hydrogens is 276 g/mol. The topological polar surface area (TPSA) is 71.3 Å². The number of hydrogen-bond donors (Lipinski definition) is 1. The lowest BCUT2D eigenvalue weighted by Crippen LogP contribution is -2.44. The minimum atomic E-state index is -0.368. The van der Waals surface area contributed by atoms with Crippen LogP contribution in [0, 0.1) is 10.1 Å². The van der Waals surface area contributed by atoms with Gasteiger partial charge in [-0.3, -0.25) is 10.1 Å². The Kier molecular flexibility index (Phi) is 3.92. The predicted molar refractivity (Wildman–Crippen MR) is 82.5 cm³/mol. The van der Waals surface area contributed by atoms with E-state index in [0.29, 0.717) is 17.7 Å². The maximum Gasteiger partial charge on any atom is 0.319 e. The fourth-order valence-electron chi connectivity index (χ4n) is 1.71. The molecule has 0 saturated carbocycles. The Morgan fingerprint density at radius 1 is 1.45 bits per heavy atom. The second-order valence-electron chi connectivity index (χ2n) is 5.48. The van der Waals surface area contributed by atoms with Crippen LogP contribution in [0.15, 0.2) is 17.6 Å². The first kappa shape index (κ1) is 14.7. The number of aromatic nitrogens is 1. The van der Waals surface area contributed by atoms with Gasteiger partial charge in [0.25, 0.3) is 0 Å². The summed E-state index contributed by atoms with van der Waals surface area (Å²) in [4.78, 5) is 17.1. The molecule has 7 heteroatoms. The number of fused-ring (bicyclic) bond motifs is 1. The Hall–Kier alpha value is -1.73. The number of nitro benzene ring substituents is 1. The summed E-state index contributed by atoms with van der Waals surface area (Å²) < 4.78 is 0.828. The Morgan fingerprint density at radius 2 is 2.15 bits per heavy atom. The smallest absolute Gasteiger partial charge is 0.319 e. The molecule has 0 spiro atoms. The monoisotopic (exact) mass is 294 g/mol. The number of benzene rings is 1. The van der Waals surface area contributed by atoms with E-state index in [2.05, 4.69) is 29.0 Å². The number of likely N-dealkylation sites (N-methyl/N-ethyl adjacent to an activating group) is 1. The van der Waals surface area contributed by atoms with E-state index in [-0.39, 0.29) is 16.1 Å². The lowest BCUT2D eigenvalue weighted by atomic mass is 10.0. The Bertz CT molecular complexity index is 636. The van der Waals surface area contributed by atoms with Crippen LogP contribution in [-0.4, -0.2) is 41.0 Å². The van der Waals surface area contributed by atoms with Crippen LogP contribution in [0.2, 0.25) is 0 Å². The van der Waals surface area contributed by atoms with Crippen molar-refractivity contribution < 1.29 is 4.92 Å².